The molecule has 0 aromatic carbocycles. The number of carbonyl (C=O) groups is 2. The van der Waals surface area contributed by atoms with Gasteiger partial charge in [0.15, 0.2) is 0 Å². The number of allylic oxidation sites excluding steroid dienone is 2. The van der Waals surface area contributed by atoms with E-state index in [4.69, 9.17) is 0 Å². The minimum atomic E-state index is -0.736. The molecule has 1 amide bonds. The number of methoxy groups -OCH3 is 1. The summed E-state index contributed by atoms with van der Waals surface area (Å²) in [5.74, 6) is -0.496. The lowest BCUT2D eigenvalue weighted by Crippen LogP contribution is -2.35. The zero-order valence-electron chi connectivity index (χ0n) is 8.53. The molecule has 0 fully saturated rings. The summed E-state index contributed by atoms with van der Waals surface area (Å²) >= 11 is 3.28. The molecule has 1 atom stereocenters. The first kappa shape index (κ1) is 13.9. The summed E-state index contributed by atoms with van der Waals surface area (Å²) in [7, 11) is 1.27. The fraction of sp³-hybridized carbons (Fsp3) is 0.400. The average Bonchev–Trinajstić information content (AvgIpc) is 2.26. The first-order valence-corrected chi connectivity index (χ1v) is 5.45. The molecule has 4 nitrogen and oxygen atoms in total. The third-order valence-corrected chi connectivity index (χ3v) is 2.40. The highest BCUT2D eigenvalue weighted by Gasteiger charge is 2.15. The van der Waals surface area contributed by atoms with Gasteiger partial charge in [0.05, 0.1) is 7.11 Å². The predicted molar refractivity (Wildman–Crippen MR) is 61.7 cm³/mol. The van der Waals surface area contributed by atoms with Crippen molar-refractivity contribution in [2.24, 2.45) is 0 Å². The molecular weight excluding hydrogens is 262 g/mol. The van der Waals surface area contributed by atoms with Gasteiger partial charge in [-0.1, -0.05) is 33.7 Å². The van der Waals surface area contributed by atoms with Crippen molar-refractivity contribution in [1.82, 2.24) is 5.32 Å². The summed E-state index contributed by atoms with van der Waals surface area (Å²) in [6.45, 7) is 3.60. The smallest absolute Gasteiger partial charge is 0.332 e. The highest BCUT2D eigenvalue weighted by atomic mass is 79.9. The second-order valence-corrected chi connectivity index (χ2v) is 3.30. The highest BCUT2D eigenvalue weighted by Crippen LogP contribution is 2.08. The van der Waals surface area contributed by atoms with Crippen LogP contribution in [0.1, 0.15) is 6.42 Å². The fourth-order valence-corrected chi connectivity index (χ4v) is 1.39. The van der Waals surface area contributed by atoms with Gasteiger partial charge in [-0.25, -0.2) is 4.79 Å². The Bertz CT molecular complexity index is 263. The molecule has 0 aromatic heterocycles. The zero-order chi connectivity index (χ0) is 11.7. The van der Waals surface area contributed by atoms with Gasteiger partial charge in [-0.3, -0.25) is 4.79 Å². The molecule has 84 valence electrons. The second kappa shape index (κ2) is 8.23. The normalized spacial score (nSPS) is 12.8. The number of hydrogen-bond donors (Lipinski definition) is 1. The van der Waals surface area contributed by atoms with Gasteiger partial charge in [-0.15, -0.1) is 6.58 Å². The van der Waals surface area contributed by atoms with Crippen LogP contribution < -0.4 is 5.32 Å². The molecule has 0 saturated carbocycles. The van der Waals surface area contributed by atoms with Crippen LogP contribution in [0.15, 0.2) is 24.3 Å². The molecule has 0 aliphatic heterocycles. The molecule has 5 heteroatoms. The van der Waals surface area contributed by atoms with E-state index in [1.54, 1.807) is 12.2 Å². The number of alkyl halides is 1. The van der Waals surface area contributed by atoms with Crippen LogP contribution in [0.25, 0.3) is 0 Å². The van der Waals surface area contributed by atoms with Gasteiger partial charge in [-0.05, 0) is 6.42 Å². The summed E-state index contributed by atoms with van der Waals surface area (Å²) in [6, 6.07) is -0.736. The van der Waals surface area contributed by atoms with Crippen molar-refractivity contribution in [3.8, 4) is 0 Å². The largest absolute Gasteiger partial charge is 0.467 e. The van der Waals surface area contributed by atoms with Crippen LogP contribution in [-0.2, 0) is 14.3 Å². The molecule has 1 N–H and O–H groups in total. The van der Waals surface area contributed by atoms with E-state index in [2.05, 4.69) is 32.6 Å². The number of hydrogen-bond acceptors (Lipinski definition) is 3. The SMILES string of the molecule is C=CC/C(=C\C(NC=O)C(=O)OC)CBr. The first-order chi connectivity index (χ1) is 7.19. The molecule has 0 aliphatic carbocycles. The van der Waals surface area contributed by atoms with E-state index < -0.39 is 12.0 Å². The second-order valence-electron chi connectivity index (χ2n) is 2.74. The summed E-state index contributed by atoms with van der Waals surface area (Å²) in [5.41, 5.74) is 0.953. The highest BCUT2D eigenvalue weighted by molar-refractivity contribution is 9.09. The van der Waals surface area contributed by atoms with Crippen LogP contribution >= 0.6 is 15.9 Å². The van der Waals surface area contributed by atoms with Crippen molar-refractivity contribution in [2.45, 2.75) is 12.5 Å². The minimum absolute atomic E-state index is 0.470. The van der Waals surface area contributed by atoms with Crippen LogP contribution in [0, 0.1) is 0 Å². The fourth-order valence-electron chi connectivity index (χ4n) is 0.973. The lowest BCUT2D eigenvalue weighted by atomic mass is 10.1. The van der Waals surface area contributed by atoms with Gasteiger partial charge >= 0.3 is 5.97 Å². The molecule has 0 heterocycles. The van der Waals surface area contributed by atoms with Crippen LogP contribution in [-0.4, -0.2) is 30.9 Å². The molecule has 0 bridgehead atoms. The maximum Gasteiger partial charge on any atom is 0.332 e. The molecule has 0 saturated heterocycles. The van der Waals surface area contributed by atoms with Gasteiger partial charge < -0.3 is 10.1 Å². The Morgan fingerprint density at radius 1 is 1.67 bits per heavy atom. The van der Waals surface area contributed by atoms with E-state index in [9.17, 15) is 9.59 Å². The van der Waals surface area contributed by atoms with Gasteiger partial charge in [0, 0.05) is 5.33 Å². The molecule has 0 aliphatic rings. The lowest BCUT2D eigenvalue weighted by Gasteiger charge is -2.10. The predicted octanol–water partition coefficient (Wildman–Crippen LogP) is 1.17. The summed E-state index contributed by atoms with van der Waals surface area (Å²) in [4.78, 5) is 21.5. The lowest BCUT2D eigenvalue weighted by molar-refractivity contribution is -0.142. The molecule has 15 heavy (non-hydrogen) atoms. The average molecular weight is 276 g/mol. The van der Waals surface area contributed by atoms with Crippen molar-refractivity contribution in [3.05, 3.63) is 24.3 Å². The van der Waals surface area contributed by atoms with E-state index in [-0.39, 0.29) is 0 Å². The van der Waals surface area contributed by atoms with Crippen molar-refractivity contribution in [3.63, 3.8) is 0 Å². The summed E-state index contributed by atoms with van der Waals surface area (Å²) in [5, 5.41) is 2.99. The number of nitrogens with one attached hydrogen (secondary N) is 1. The Balaban J connectivity index is 4.66. The Kier molecular flexibility index (Phi) is 7.62. The monoisotopic (exact) mass is 275 g/mol. The van der Waals surface area contributed by atoms with Crippen LogP contribution in [0.5, 0.6) is 0 Å². The molecule has 1 unspecified atom stereocenters. The number of ether oxygens (including phenoxy) is 1. The Hall–Kier alpha value is -1.10. The van der Waals surface area contributed by atoms with Crippen LogP contribution in [0.2, 0.25) is 0 Å². The van der Waals surface area contributed by atoms with Crippen molar-refractivity contribution in [2.75, 3.05) is 12.4 Å². The van der Waals surface area contributed by atoms with Crippen molar-refractivity contribution < 1.29 is 14.3 Å². The summed E-state index contributed by atoms with van der Waals surface area (Å²) in [6.07, 6.45) is 4.50. The van der Waals surface area contributed by atoms with E-state index >= 15 is 0 Å². The summed E-state index contributed by atoms with van der Waals surface area (Å²) < 4.78 is 4.54. The minimum Gasteiger partial charge on any atom is -0.467 e. The van der Waals surface area contributed by atoms with Gasteiger partial charge in [0.25, 0.3) is 0 Å². The molecule has 0 aromatic rings. The topological polar surface area (TPSA) is 55.4 Å². The van der Waals surface area contributed by atoms with Crippen molar-refractivity contribution in [1.29, 1.82) is 0 Å². The van der Waals surface area contributed by atoms with Gasteiger partial charge in [0.1, 0.15) is 6.04 Å². The number of esters is 1. The molecule has 0 radical (unpaired) electrons. The number of halogens is 1. The maximum atomic E-state index is 11.2. The van der Waals surface area contributed by atoms with Crippen LogP contribution in [0.3, 0.4) is 0 Å². The molecular formula is C10H14BrNO3. The van der Waals surface area contributed by atoms with E-state index in [1.165, 1.54) is 7.11 Å². The Morgan fingerprint density at radius 3 is 2.73 bits per heavy atom. The first-order valence-electron chi connectivity index (χ1n) is 4.33. The molecule has 0 spiro atoms. The standard InChI is InChI=1S/C10H14BrNO3/c1-3-4-8(6-11)5-9(12-7-13)10(14)15-2/h3,5,7,9H,1,4,6H2,2H3,(H,12,13)/b8-5+. The van der Waals surface area contributed by atoms with E-state index in [0.717, 1.165) is 5.57 Å². The Labute approximate surface area is 97.5 Å². The Morgan fingerprint density at radius 2 is 2.33 bits per heavy atom. The maximum absolute atomic E-state index is 11.2. The van der Waals surface area contributed by atoms with E-state index in [1.807, 2.05) is 0 Å². The third kappa shape index (κ3) is 5.37. The zero-order valence-corrected chi connectivity index (χ0v) is 10.1. The van der Waals surface area contributed by atoms with E-state index in [0.29, 0.717) is 18.2 Å². The number of carbonyl (C=O) groups excluding carboxylic acids is 2. The van der Waals surface area contributed by atoms with Crippen molar-refractivity contribution >= 4 is 28.3 Å². The number of amides is 1. The molecule has 0 rings (SSSR count). The quantitative estimate of drug-likeness (QED) is 0.329. The third-order valence-electron chi connectivity index (χ3n) is 1.68. The van der Waals surface area contributed by atoms with Gasteiger partial charge in [0.2, 0.25) is 6.41 Å². The van der Waals surface area contributed by atoms with Crippen LogP contribution in [0.4, 0.5) is 0 Å². The number of rotatable bonds is 7. The van der Waals surface area contributed by atoms with Gasteiger partial charge in [-0.2, -0.15) is 0 Å².